The van der Waals surface area contributed by atoms with Gasteiger partial charge in [-0.2, -0.15) is 0 Å². The number of halogens is 1. The highest BCUT2D eigenvalue weighted by Crippen LogP contribution is 2.29. The molecule has 0 spiro atoms. The Kier molecular flexibility index (Phi) is 4.88. The minimum Gasteiger partial charge on any atom is -0.338 e. The highest BCUT2D eigenvalue weighted by molar-refractivity contribution is 7.17. The van der Waals surface area contributed by atoms with Gasteiger partial charge in [0.15, 0.2) is 0 Å². The highest BCUT2D eigenvalue weighted by atomic mass is 32.1. The van der Waals surface area contributed by atoms with Crippen LogP contribution in [0.15, 0.2) is 36.4 Å². The minimum absolute atomic E-state index is 0.139. The van der Waals surface area contributed by atoms with Gasteiger partial charge in [0.05, 0.1) is 4.88 Å². The van der Waals surface area contributed by atoms with E-state index >= 15 is 0 Å². The first-order valence-electron chi connectivity index (χ1n) is 7.89. The number of benzene rings is 1. The summed E-state index contributed by atoms with van der Waals surface area (Å²) in [6.07, 6.45) is 5.92. The van der Waals surface area contributed by atoms with Gasteiger partial charge in [-0.05, 0) is 42.7 Å². The second kappa shape index (κ2) is 7.05. The Labute approximate surface area is 134 Å². The third-order valence-corrected chi connectivity index (χ3v) is 5.21. The van der Waals surface area contributed by atoms with Crippen LogP contribution in [0.4, 0.5) is 4.39 Å². The summed E-state index contributed by atoms with van der Waals surface area (Å²) in [7, 11) is 0. The van der Waals surface area contributed by atoms with Crippen molar-refractivity contribution in [2.75, 3.05) is 13.1 Å². The number of hydrogen-bond acceptors (Lipinski definition) is 2. The molecule has 4 heteroatoms. The van der Waals surface area contributed by atoms with Crippen molar-refractivity contribution in [1.29, 1.82) is 0 Å². The molecule has 0 atom stereocenters. The average Bonchev–Trinajstić information content (AvgIpc) is 2.97. The van der Waals surface area contributed by atoms with E-state index in [1.54, 1.807) is 12.1 Å². The predicted molar refractivity (Wildman–Crippen MR) is 88.7 cm³/mol. The number of nitrogens with zero attached hydrogens (tertiary/aromatic N) is 1. The van der Waals surface area contributed by atoms with Crippen molar-refractivity contribution in [2.24, 2.45) is 0 Å². The van der Waals surface area contributed by atoms with E-state index in [1.165, 1.54) is 42.7 Å². The summed E-state index contributed by atoms with van der Waals surface area (Å²) in [5.41, 5.74) is 0.957. The topological polar surface area (TPSA) is 20.3 Å². The van der Waals surface area contributed by atoms with Crippen LogP contribution < -0.4 is 0 Å². The normalized spacial score (nSPS) is 16.1. The largest absolute Gasteiger partial charge is 0.338 e. The van der Waals surface area contributed by atoms with Crippen molar-refractivity contribution in [3.8, 4) is 10.4 Å². The fourth-order valence-corrected chi connectivity index (χ4v) is 3.81. The fraction of sp³-hybridized carbons (Fsp3) is 0.389. The van der Waals surface area contributed by atoms with E-state index in [0.29, 0.717) is 0 Å². The zero-order chi connectivity index (χ0) is 15.4. The Hall–Kier alpha value is -1.68. The Morgan fingerprint density at radius 1 is 0.909 bits per heavy atom. The third kappa shape index (κ3) is 3.55. The molecule has 22 heavy (non-hydrogen) atoms. The molecule has 2 heterocycles. The summed E-state index contributed by atoms with van der Waals surface area (Å²) in [6, 6.07) is 10.3. The number of carbonyl (C=O) groups is 1. The predicted octanol–water partition coefficient (Wildman–Crippen LogP) is 4.96. The molecule has 2 aromatic rings. The molecule has 0 aliphatic carbocycles. The van der Waals surface area contributed by atoms with Crippen LogP contribution in [0.2, 0.25) is 0 Å². The molecule has 1 aromatic heterocycles. The van der Waals surface area contributed by atoms with Crippen LogP contribution >= 0.6 is 11.3 Å². The lowest BCUT2D eigenvalue weighted by Gasteiger charge is -2.24. The van der Waals surface area contributed by atoms with E-state index in [4.69, 9.17) is 0 Å². The molecule has 2 nitrogen and oxygen atoms in total. The first-order valence-corrected chi connectivity index (χ1v) is 8.71. The molecule has 1 aliphatic heterocycles. The molecule has 0 radical (unpaired) electrons. The Morgan fingerprint density at radius 2 is 1.55 bits per heavy atom. The SMILES string of the molecule is O=C(c1ccc(-c2ccc(F)cc2)s1)N1CCCCCCC1. The van der Waals surface area contributed by atoms with Gasteiger partial charge in [0, 0.05) is 18.0 Å². The molecule has 116 valence electrons. The Bertz CT molecular complexity index is 627. The quantitative estimate of drug-likeness (QED) is 0.766. The molecule has 0 unspecified atom stereocenters. The third-order valence-electron chi connectivity index (χ3n) is 4.09. The highest BCUT2D eigenvalue weighted by Gasteiger charge is 2.18. The van der Waals surface area contributed by atoms with E-state index in [0.717, 1.165) is 41.2 Å². The van der Waals surface area contributed by atoms with E-state index in [1.807, 2.05) is 17.0 Å². The standard InChI is InChI=1S/C18H20FNOS/c19-15-8-6-14(7-9-15)16-10-11-17(22-16)18(21)20-12-4-2-1-3-5-13-20/h6-11H,1-5,12-13H2. The number of hydrogen-bond donors (Lipinski definition) is 0. The fourth-order valence-electron chi connectivity index (χ4n) is 2.83. The van der Waals surface area contributed by atoms with Crippen molar-refractivity contribution >= 4 is 17.2 Å². The van der Waals surface area contributed by atoms with Crippen molar-refractivity contribution in [1.82, 2.24) is 4.90 Å². The molecule has 1 saturated heterocycles. The molecule has 1 aromatic carbocycles. The van der Waals surface area contributed by atoms with Gasteiger partial charge in [-0.15, -0.1) is 11.3 Å². The molecular weight excluding hydrogens is 297 g/mol. The summed E-state index contributed by atoms with van der Waals surface area (Å²) in [5, 5.41) is 0. The van der Waals surface area contributed by atoms with Crippen molar-refractivity contribution in [2.45, 2.75) is 32.1 Å². The van der Waals surface area contributed by atoms with E-state index < -0.39 is 0 Å². The molecule has 3 rings (SSSR count). The summed E-state index contributed by atoms with van der Waals surface area (Å²) >= 11 is 1.49. The van der Waals surface area contributed by atoms with Crippen LogP contribution in [0.25, 0.3) is 10.4 Å². The summed E-state index contributed by atoms with van der Waals surface area (Å²) < 4.78 is 13.0. The van der Waals surface area contributed by atoms with Gasteiger partial charge in [-0.1, -0.05) is 31.4 Å². The van der Waals surface area contributed by atoms with Crippen LogP contribution in [-0.2, 0) is 0 Å². The van der Waals surface area contributed by atoms with Gasteiger partial charge in [0.2, 0.25) is 0 Å². The molecule has 0 bridgehead atoms. The van der Waals surface area contributed by atoms with Crippen LogP contribution in [0.5, 0.6) is 0 Å². The van der Waals surface area contributed by atoms with Crippen LogP contribution in [0, 0.1) is 5.82 Å². The number of amides is 1. The summed E-state index contributed by atoms with van der Waals surface area (Å²) in [4.78, 5) is 16.4. The monoisotopic (exact) mass is 317 g/mol. The lowest BCUT2D eigenvalue weighted by atomic mass is 10.1. The first kappa shape index (κ1) is 15.2. The molecule has 1 amide bonds. The molecule has 1 fully saturated rings. The lowest BCUT2D eigenvalue weighted by Crippen LogP contribution is -2.33. The van der Waals surface area contributed by atoms with Gasteiger partial charge >= 0.3 is 0 Å². The van der Waals surface area contributed by atoms with Crippen molar-refractivity contribution in [3.05, 3.63) is 47.1 Å². The summed E-state index contributed by atoms with van der Waals surface area (Å²) in [6.45, 7) is 1.73. The number of thiophene rings is 1. The van der Waals surface area contributed by atoms with Crippen LogP contribution in [0.3, 0.4) is 0 Å². The smallest absolute Gasteiger partial charge is 0.263 e. The first-order chi connectivity index (χ1) is 10.7. The van der Waals surface area contributed by atoms with Gasteiger partial charge < -0.3 is 4.90 Å². The minimum atomic E-state index is -0.239. The lowest BCUT2D eigenvalue weighted by molar-refractivity contribution is 0.0747. The maximum atomic E-state index is 13.0. The second-order valence-corrected chi connectivity index (χ2v) is 6.81. The van der Waals surface area contributed by atoms with Crippen molar-refractivity contribution in [3.63, 3.8) is 0 Å². The number of likely N-dealkylation sites (tertiary alicyclic amines) is 1. The zero-order valence-electron chi connectivity index (χ0n) is 12.6. The molecule has 1 aliphatic rings. The zero-order valence-corrected chi connectivity index (χ0v) is 13.4. The molecule has 0 N–H and O–H groups in total. The maximum Gasteiger partial charge on any atom is 0.263 e. The van der Waals surface area contributed by atoms with Gasteiger partial charge in [-0.25, -0.2) is 4.39 Å². The Morgan fingerprint density at radius 3 is 2.23 bits per heavy atom. The maximum absolute atomic E-state index is 13.0. The van der Waals surface area contributed by atoms with Crippen LogP contribution in [0.1, 0.15) is 41.8 Å². The number of carbonyl (C=O) groups excluding carboxylic acids is 1. The Balaban J connectivity index is 1.74. The van der Waals surface area contributed by atoms with E-state index in [2.05, 4.69) is 0 Å². The van der Waals surface area contributed by atoms with Gasteiger partial charge in [-0.3, -0.25) is 4.79 Å². The van der Waals surface area contributed by atoms with E-state index in [-0.39, 0.29) is 11.7 Å². The number of rotatable bonds is 2. The van der Waals surface area contributed by atoms with Crippen LogP contribution in [-0.4, -0.2) is 23.9 Å². The van der Waals surface area contributed by atoms with Gasteiger partial charge in [0.1, 0.15) is 5.82 Å². The molecular formula is C18H20FNOS. The molecule has 0 saturated carbocycles. The van der Waals surface area contributed by atoms with Gasteiger partial charge in [0.25, 0.3) is 5.91 Å². The second-order valence-electron chi connectivity index (χ2n) is 5.73. The van der Waals surface area contributed by atoms with Crippen molar-refractivity contribution < 1.29 is 9.18 Å². The average molecular weight is 317 g/mol. The van der Waals surface area contributed by atoms with E-state index in [9.17, 15) is 9.18 Å². The summed E-state index contributed by atoms with van der Waals surface area (Å²) in [5.74, 6) is -0.0995.